The van der Waals surface area contributed by atoms with E-state index in [0.717, 1.165) is 16.2 Å². The molecule has 2 rings (SSSR count). The Labute approximate surface area is 124 Å². The maximum atomic E-state index is 11.0. The Balaban J connectivity index is 2.29. The predicted octanol–water partition coefficient (Wildman–Crippen LogP) is 4.22. The van der Waals surface area contributed by atoms with E-state index in [1.807, 2.05) is 18.4 Å². The summed E-state index contributed by atoms with van der Waals surface area (Å²) in [5, 5.41) is 20.7. The molecule has 0 unspecified atom stereocenters. The highest BCUT2D eigenvalue weighted by molar-refractivity contribution is 7.98. The number of nitrogens with zero attached hydrogens (tertiary/aromatic N) is 1. The number of rotatable bonds is 5. The zero-order valence-corrected chi connectivity index (χ0v) is 12.5. The molecule has 0 radical (unpaired) electrons. The molecular weight excluding hydrogens is 298 g/mol. The van der Waals surface area contributed by atoms with Crippen molar-refractivity contribution in [3.05, 3.63) is 45.3 Å². The number of ether oxygens (including phenoxy) is 1. The van der Waals surface area contributed by atoms with Gasteiger partial charge in [-0.15, -0.1) is 11.8 Å². The number of benzene rings is 1. The van der Waals surface area contributed by atoms with Crippen LogP contribution in [0.1, 0.15) is 17.9 Å². The van der Waals surface area contributed by atoms with Crippen molar-refractivity contribution in [1.82, 2.24) is 0 Å². The van der Waals surface area contributed by atoms with Crippen LogP contribution in [0.5, 0.6) is 10.8 Å². The van der Waals surface area contributed by atoms with Gasteiger partial charge in [-0.3, -0.25) is 10.1 Å². The van der Waals surface area contributed by atoms with Gasteiger partial charge < -0.3 is 9.84 Å². The maximum Gasteiger partial charge on any atom is 0.323 e. The quantitative estimate of drug-likeness (QED) is 0.508. The molecule has 0 amide bonds. The summed E-state index contributed by atoms with van der Waals surface area (Å²) in [7, 11) is 0. The van der Waals surface area contributed by atoms with Gasteiger partial charge in [0, 0.05) is 15.8 Å². The summed E-state index contributed by atoms with van der Waals surface area (Å²) in [6.07, 6.45) is 1.21. The van der Waals surface area contributed by atoms with Crippen LogP contribution in [0.4, 0.5) is 5.69 Å². The monoisotopic (exact) mass is 311 g/mol. The molecule has 2 aromatic rings. The van der Waals surface area contributed by atoms with Crippen molar-refractivity contribution >= 4 is 28.8 Å². The summed E-state index contributed by atoms with van der Waals surface area (Å²) in [4.78, 5) is 12.1. The van der Waals surface area contributed by atoms with Crippen LogP contribution in [0, 0.1) is 10.1 Å². The lowest BCUT2D eigenvalue weighted by atomic mass is 10.3. The van der Waals surface area contributed by atoms with Gasteiger partial charge in [-0.2, -0.15) is 0 Å². The highest BCUT2D eigenvalue weighted by atomic mass is 32.2. The molecular formula is C13H13NO4S2. The fourth-order valence-electron chi connectivity index (χ4n) is 1.54. The molecule has 0 fully saturated rings. The van der Waals surface area contributed by atoms with Gasteiger partial charge in [0.1, 0.15) is 5.75 Å². The van der Waals surface area contributed by atoms with Gasteiger partial charge in [0.05, 0.1) is 11.0 Å². The van der Waals surface area contributed by atoms with E-state index in [9.17, 15) is 15.2 Å². The van der Waals surface area contributed by atoms with Gasteiger partial charge in [0.15, 0.2) is 0 Å². The minimum absolute atomic E-state index is 0.125. The topological polar surface area (TPSA) is 72.6 Å². The Morgan fingerprint density at radius 3 is 2.55 bits per heavy atom. The number of thiophene rings is 1. The van der Waals surface area contributed by atoms with Crippen LogP contribution in [0.25, 0.3) is 0 Å². The number of thioether (sulfide) groups is 1. The van der Waals surface area contributed by atoms with E-state index in [-0.39, 0.29) is 10.8 Å². The molecule has 106 valence electrons. The van der Waals surface area contributed by atoms with Gasteiger partial charge in [-0.25, -0.2) is 0 Å². The molecule has 1 atom stereocenters. The summed E-state index contributed by atoms with van der Waals surface area (Å²) < 4.78 is 5.56. The van der Waals surface area contributed by atoms with E-state index < -0.39 is 11.0 Å². The normalized spacial score (nSPS) is 12.2. The second kappa shape index (κ2) is 6.25. The third-order valence-electron chi connectivity index (χ3n) is 2.58. The molecule has 1 aromatic carbocycles. The van der Waals surface area contributed by atoms with Crippen molar-refractivity contribution in [2.24, 2.45) is 0 Å². The SMILES string of the molecule is CSc1ccc(Oc2sc([C@@H](C)O)cc2[N+](=O)[O-])cc1. The smallest absolute Gasteiger partial charge is 0.323 e. The number of aliphatic hydroxyl groups is 1. The highest BCUT2D eigenvalue weighted by Gasteiger charge is 2.23. The molecule has 0 aliphatic rings. The second-order valence-corrected chi connectivity index (χ2v) is 5.96. The summed E-state index contributed by atoms with van der Waals surface area (Å²) >= 11 is 2.69. The molecule has 0 saturated carbocycles. The Morgan fingerprint density at radius 2 is 2.05 bits per heavy atom. The lowest BCUT2D eigenvalue weighted by molar-refractivity contribution is -0.385. The first kappa shape index (κ1) is 14.8. The van der Waals surface area contributed by atoms with Gasteiger partial charge in [0.25, 0.3) is 5.06 Å². The van der Waals surface area contributed by atoms with Crippen molar-refractivity contribution < 1.29 is 14.8 Å². The molecule has 1 heterocycles. The summed E-state index contributed by atoms with van der Waals surface area (Å²) in [6.45, 7) is 1.56. The molecule has 5 nitrogen and oxygen atoms in total. The fourth-order valence-corrected chi connectivity index (χ4v) is 2.88. The molecule has 0 aliphatic heterocycles. The molecule has 20 heavy (non-hydrogen) atoms. The van der Waals surface area contributed by atoms with Gasteiger partial charge in [-0.05, 0) is 37.4 Å². The first-order chi connectivity index (χ1) is 9.51. The van der Waals surface area contributed by atoms with E-state index >= 15 is 0 Å². The van der Waals surface area contributed by atoms with E-state index in [4.69, 9.17) is 4.74 Å². The molecule has 0 bridgehead atoms. The van der Waals surface area contributed by atoms with Crippen molar-refractivity contribution in [1.29, 1.82) is 0 Å². The van der Waals surface area contributed by atoms with Gasteiger partial charge in [-0.1, -0.05) is 11.3 Å². The van der Waals surface area contributed by atoms with E-state index in [0.29, 0.717) is 10.6 Å². The Hall–Kier alpha value is -1.57. The minimum Gasteiger partial charge on any atom is -0.440 e. The molecule has 0 aliphatic carbocycles. The minimum atomic E-state index is -0.755. The Morgan fingerprint density at radius 1 is 1.40 bits per heavy atom. The molecule has 1 aromatic heterocycles. The van der Waals surface area contributed by atoms with Gasteiger partial charge in [0.2, 0.25) is 0 Å². The largest absolute Gasteiger partial charge is 0.440 e. The third-order valence-corrected chi connectivity index (χ3v) is 4.49. The third kappa shape index (κ3) is 3.30. The highest BCUT2D eigenvalue weighted by Crippen LogP contribution is 2.42. The van der Waals surface area contributed by atoms with Crippen LogP contribution in [0.15, 0.2) is 35.2 Å². The second-order valence-electron chi connectivity index (χ2n) is 4.03. The number of hydrogen-bond donors (Lipinski definition) is 1. The number of aliphatic hydroxyl groups excluding tert-OH is 1. The van der Waals surface area contributed by atoms with Crippen molar-refractivity contribution in [2.75, 3.05) is 6.26 Å². The average molecular weight is 311 g/mol. The number of nitro groups is 1. The predicted molar refractivity (Wildman–Crippen MR) is 79.9 cm³/mol. The van der Waals surface area contributed by atoms with E-state index in [2.05, 4.69) is 0 Å². The van der Waals surface area contributed by atoms with Crippen molar-refractivity contribution in [2.45, 2.75) is 17.9 Å². The van der Waals surface area contributed by atoms with Crippen LogP contribution < -0.4 is 4.74 Å². The molecule has 1 N–H and O–H groups in total. The Kier molecular flexibility index (Phi) is 4.64. The van der Waals surface area contributed by atoms with Crippen molar-refractivity contribution in [3.8, 4) is 10.8 Å². The summed E-state index contributed by atoms with van der Waals surface area (Å²) in [6, 6.07) is 8.64. The molecule has 0 spiro atoms. The first-order valence-corrected chi connectivity index (χ1v) is 7.83. The standard InChI is InChI=1S/C13H13NO4S2/c1-8(15)12-7-11(14(16)17)13(20-12)18-9-3-5-10(19-2)6-4-9/h3-8,15H,1-2H3/t8-/m1/s1. The van der Waals surface area contributed by atoms with Crippen molar-refractivity contribution in [3.63, 3.8) is 0 Å². The van der Waals surface area contributed by atoms with Crippen LogP contribution in [0.2, 0.25) is 0 Å². The Bertz CT molecular complexity index is 607. The van der Waals surface area contributed by atoms with Crippen LogP contribution in [-0.4, -0.2) is 16.3 Å². The zero-order chi connectivity index (χ0) is 14.7. The summed E-state index contributed by atoms with van der Waals surface area (Å²) in [5.41, 5.74) is -0.125. The van der Waals surface area contributed by atoms with E-state index in [1.54, 1.807) is 30.8 Å². The first-order valence-electron chi connectivity index (χ1n) is 5.79. The van der Waals surface area contributed by atoms with Crippen LogP contribution in [-0.2, 0) is 0 Å². The fraction of sp³-hybridized carbons (Fsp3) is 0.231. The number of hydrogen-bond acceptors (Lipinski definition) is 6. The lowest BCUT2D eigenvalue weighted by Gasteiger charge is -2.03. The van der Waals surface area contributed by atoms with E-state index in [1.165, 1.54) is 6.07 Å². The summed E-state index contributed by atoms with van der Waals surface area (Å²) in [5.74, 6) is 0.532. The van der Waals surface area contributed by atoms with Crippen LogP contribution >= 0.6 is 23.1 Å². The average Bonchev–Trinajstić information content (AvgIpc) is 2.84. The lowest BCUT2D eigenvalue weighted by Crippen LogP contribution is -1.89. The molecule has 0 saturated heterocycles. The van der Waals surface area contributed by atoms with Crippen LogP contribution in [0.3, 0.4) is 0 Å². The van der Waals surface area contributed by atoms with Gasteiger partial charge >= 0.3 is 5.69 Å². The maximum absolute atomic E-state index is 11.0. The zero-order valence-electron chi connectivity index (χ0n) is 10.9. The molecule has 7 heteroatoms.